The van der Waals surface area contributed by atoms with Gasteiger partial charge in [0.25, 0.3) is 0 Å². The van der Waals surface area contributed by atoms with Gasteiger partial charge in [-0.25, -0.2) is 9.18 Å². The Morgan fingerprint density at radius 2 is 1.76 bits per heavy atom. The predicted octanol–water partition coefficient (Wildman–Crippen LogP) is 5.72. The average Bonchev–Trinajstić information content (AvgIpc) is 2.83. The second-order valence-electron chi connectivity index (χ2n) is 8.73. The summed E-state index contributed by atoms with van der Waals surface area (Å²) >= 11 is 6.26. The van der Waals surface area contributed by atoms with E-state index in [1.165, 1.54) is 17.7 Å². The van der Waals surface area contributed by atoms with E-state index >= 15 is 0 Å². The fourth-order valence-corrected chi connectivity index (χ4v) is 4.57. The maximum Gasteiger partial charge on any atom is 0.147 e. The van der Waals surface area contributed by atoms with Crippen LogP contribution in [0.4, 0.5) is 4.39 Å². The molecule has 0 spiro atoms. The Morgan fingerprint density at radius 3 is 2.47 bits per heavy atom. The van der Waals surface area contributed by atoms with Crippen LogP contribution in [-0.2, 0) is 17.8 Å². The molecule has 3 aromatic rings. The monoisotopic (exact) mass is 478 g/mol. The molecule has 0 aliphatic carbocycles. The van der Waals surface area contributed by atoms with E-state index in [1.54, 1.807) is 12.1 Å². The van der Waals surface area contributed by atoms with Crippen LogP contribution in [0.5, 0.6) is 5.75 Å². The highest BCUT2D eigenvalue weighted by Gasteiger charge is 2.34. The minimum atomic E-state index is -0.271. The van der Waals surface area contributed by atoms with Gasteiger partial charge >= 0.3 is 0 Å². The highest BCUT2D eigenvalue weighted by Crippen LogP contribution is 2.28. The third-order valence-electron chi connectivity index (χ3n) is 6.30. The van der Waals surface area contributed by atoms with Crippen molar-refractivity contribution in [3.05, 3.63) is 106 Å². The smallest absolute Gasteiger partial charge is 0.147 e. The number of nitrogens with zero attached hydrogens (tertiary/aromatic N) is 2. The Balaban J connectivity index is 1.46. The number of halogens is 2. The van der Waals surface area contributed by atoms with Gasteiger partial charge in [0.15, 0.2) is 0 Å². The summed E-state index contributed by atoms with van der Waals surface area (Å²) in [6.45, 7) is 5.64. The van der Waals surface area contributed by atoms with Gasteiger partial charge in [-0.1, -0.05) is 54.1 Å². The first-order valence-corrected chi connectivity index (χ1v) is 11.8. The molecule has 1 heterocycles. The molecular formula is C28H28ClFN2O2. The van der Waals surface area contributed by atoms with Crippen molar-refractivity contribution in [2.75, 3.05) is 13.3 Å². The summed E-state index contributed by atoms with van der Waals surface area (Å²) in [5.74, 6) is 2.65. The molecule has 0 radical (unpaired) electrons. The molecule has 0 saturated carbocycles. The number of benzene rings is 3. The highest BCUT2D eigenvalue weighted by molar-refractivity contribution is 6.30. The molecule has 4 nitrogen and oxygen atoms in total. The van der Waals surface area contributed by atoms with Crippen LogP contribution in [0, 0.1) is 5.82 Å². The maximum atomic E-state index is 13.3. The third kappa shape index (κ3) is 5.68. The van der Waals surface area contributed by atoms with Crippen LogP contribution in [0.3, 0.4) is 0 Å². The molecular weight excluding hydrogens is 451 g/mol. The van der Waals surface area contributed by atoms with Crippen LogP contribution < -0.4 is 4.74 Å². The molecule has 0 aromatic heterocycles. The van der Waals surface area contributed by atoms with Gasteiger partial charge in [-0.3, -0.25) is 4.90 Å². The van der Waals surface area contributed by atoms with E-state index in [1.807, 2.05) is 48.2 Å². The van der Waals surface area contributed by atoms with E-state index < -0.39 is 0 Å². The molecule has 1 saturated heterocycles. The van der Waals surface area contributed by atoms with Crippen LogP contribution in [0.25, 0.3) is 0 Å². The second-order valence-corrected chi connectivity index (χ2v) is 9.16. The van der Waals surface area contributed by atoms with E-state index in [4.69, 9.17) is 16.3 Å². The molecule has 1 fully saturated rings. The van der Waals surface area contributed by atoms with E-state index in [0.717, 1.165) is 23.4 Å². The van der Waals surface area contributed by atoms with Crippen LogP contribution in [0.2, 0.25) is 5.02 Å². The van der Waals surface area contributed by atoms with Crippen molar-refractivity contribution < 1.29 is 13.9 Å². The van der Waals surface area contributed by atoms with Crippen molar-refractivity contribution in [1.29, 1.82) is 0 Å². The Hall–Kier alpha value is -3.11. The topological polar surface area (TPSA) is 32.8 Å². The Morgan fingerprint density at radius 1 is 1.03 bits per heavy atom. The fourth-order valence-electron chi connectivity index (χ4n) is 4.38. The molecule has 4 rings (SSSR count). The van der Waals surface area contributed by atoms with Gasteiger partial charge in [0.05, 0.1) is 6.04 Å². The standard InChI is InChI=1S/C28H28ClFN2O2/c1-20-16-31(21(2)27(18-33)32(20)17-23-8-11-26(30)12-9-23)19-34-28-13-10-25(29)15-24(28)14-22-6-4-3-5-7-22/h3-13,15,20-21H,14,16-17,19H2,1-2H3/t20-,21+/m1/s1. The van der Waals surface area contributed by atoms with Crippen LogP contribution in [0.1, 0.15) is 30.5 Å². The zero-order valence-electron chi connectivity index (χ0n) is 19.4. The first-order chi connectivity index (χ1) is 16.4. The quantitative estimate of drug-likeness (QED) is 0.407. The average molecular weight is 479 g/mol. The third-order valence-corrected chi connectivity index (χ3v) is 6.54. The molecule has 2 atom stereocenters. The number of hydrogen-bond donors (Lipinski definition) is 0. The van der Waals surface area contributed by atoms with Crippen molar-refractivity contribution in [2.45, 2.75) is 38.9 Å². The summed E-state index contributed by atoms with van der Waals surface area (Å²) in [5, 5.41) is 0.667. The molecule has 1 aliphatic heterocycles. The van der Waals surface area contributed by atoms with Crippen LogP contribution in [0.15, 0.2) is 78.5 Å². The van der Waals surface area contributed by atoms with E-state index in [2.05, 4.69) is 29.9 Å². The SMILES string of the molecule is C[C@@H]1CN(COc2ccc(Cl)cc2Cc2ccccc2)[C@@H](C)C(=C=O)N1Cc1ccc(F)cc1. The van der Waals surface area contributed by atoms with Crippen LogP contribution >= 0.6 is 11.6 Å². The van der Waals surface area contributed by atoms with E-state index in [9.17, 15) is 9.18 Å². The first-order valence-electron chi connectivity index (χ1n) is 11.4. The van der Waals surface area contributed by atoms with Gasteiger partial charge in [-0.05, 0) is 55.3 Å². The minimum absolute atomic E-state index is 0.0651. The summed E-state index contributed by atoms with van der Waals surface area (Å²) in [7, 11) is 0. The summed E-state index contributed by atoms with van der Waals surface area (Å²) in [4.78, 5) is 16.1. The Kier molecular flexibility index (Phi) is 7.69. The summed E-state index contributed by atoms with van der Waals surface area (Å²) < 4.78 is 19.5. The van der Waals surface area contributed by atoms with E-state index in [0.29, 0.717) is 30.4 Å². The first kappa shape index (κ1) is 24.0. The predicted molar refractivity (Wildman–Crippen MR) is 133 cm³/mol. The summed E-state index contributed by atoms with van der Waals surface area (Å²) in [6.07, 6.45) is 0.716. The normalized spacial score (nSPS) is 18.6. The zero-order chi connectivity index (χ0) is 24.1. The molecule has 0 unspecified atom stereocenters. The van der Waals surface area contributed by atoms with Gasteiger partial charge in [-0.2, -0.15) is 0 Å². The molecule has 1 aliphatic rings. The maximum absolute atomic E-state index is 13.3. The van der Waals surface area contributed by atoms with Gasteiger partial charge in [0.1, 0.15) is 29.9 Å². The number of piperazine rings is 1. The van der Waals surface area contributed by atoms with Gasteiger partial charge in [0, 0.05) is 36.1 Å². The van der Waals surface area contributed by atoms with Gasteiger partial charge in [-0.15, -0.1) is 0 Å². The molecule has 176 valence electrons. The Bertz CT molecular complexity index is 1160. The molecule has 34 heavy (non-hydrogen) atoms. The van der Waals surface area contributed by atoms with E-state index in [-0.39, 0.29) is 17.9 Å². The Labute approximate surface area is 205 Å². The van der Waals surface area contributed by atoms with Crippen molar-refractivity contribution >= 4 is 17.5 Å². The number of rotatable bonds is 7. The fraction of sp³-hybridized carbons (Fsp3) is 0.286. The molecule has 0 amide bonds. The number of carbonyl (C=O) groups excluding carboxylic acids is 1. The molecule has 3 aromatic carbocycles. The lowest BCUT2D eigenvalue weighted by molar-refractivity contribution is 0.0283. The molecule has 0 bridgehead atoms. The second kappa shape index (κ2) is 10.9. The zero-order valence-corrected chi connectivity index (χ0v) is 20.1. The lowest BCUT2D eigenvalue weighted by Crippen LogP contribution is -2.55. The molecule has 6 heteroatoms. The van der Waals surface area contributed by atoms with Crippen LogP contribution in [-0.4, -0.2) is 41.1 Å². The van der Waals surface area contributed by atoms with Crippen molar-refractivity contribution in [3.8, 4) is 5.75 Å². The molecule has 0 N–H and O–H groups in total. The summed E-state index contributed by atoms with van der Waals surface area (Å²) in [5.41, 5.74) is 3.72. The number of hydrogen-bond acceptors (Lipinski definition) is 4. The van der Waals surface area contributed by atoms with Crippen molar-refractivity contribution in [2.24, 2.45) is 0 Å². The lowest BCUT2D eigenvalue weighted by atomic mass is 10.0. The minimum Gasteiger partial charge on any atom is -0.478 e. The van der Waals surface area contributed by atoms with Gasteiger partial charge in [0.2, 0.25) is 0 Å². The largest absolute Gasteiger partial charge is 0.478 e. The van der Waals surface area contributed by atoms with Gasteiger partial charge < -0.3 is 9.64 Å². The summed E-state index contributed by atoms with van der Waals surface area (Å²) in [6, 6.07) is 22.1. The number of ether oxygens (including phenoxy) is 1. The highest BCUT2D eigenvalue weighted by atomic mass is 35.5. The lowest BCUT2D eigenvalue weighted by Gasteiger charge is -2.45. The van der Waals surface area contributed by atoms with Crippen molar-refractivity contribution in [3.63, 3.8) is 0 Å². The van der Waals surface area contributed by atoms with Crippen molar-refractivity contribution in [1.82, 2.24) is 9.80 Å².